The summed E-state index contributed by atoms with van der Waals surface area (Å²) in [7, 11) is 1.54. The number of nitrogens with zero attached hydrogens (tertiary/aromatic N) is 1. The quantitative estimate of drug-likeness (QED) is 0.180. The number of hydrogen-bond acceptors (Lipinski definition) is 6. The number of halogens is 1. The molecule has 0 aliphatic carbocycles. The standard InChI is InChI=1S/C18H15IN4O5S/c1-28-15-7-6-12(10-14(15)19)17(25)21-22-18(29)20-16(24)8-5-11-3-2-4-13(9-11)23(26)27/h2-10H,1H3,(H,21,25)(H2,20,22,24,29)/b8-5+. The average molecular weight is 526 g/mol. The summed E-state index contributed by atoms with van der Waals surface area (Å²) in [5.41, 5.74) is 5.58. The molecule has 0 aliphatic rings. The third-order valence-corrected chi connectivity index (χ3v) is 4.50. The van der Waals surface area contributed by atoms with Gasteiger partial charge in [-0.15, -0.1) is 0 Å². The fraction of sp³-hybridized carbons (Fsp3) is 0.0556. The third-order valence-electron chi connectivity index (χ3n) is 3.45. The molecule has 0 aliphatic heterocycles. The number of amides is 2. The SMILES string of the molecule is COc1ccc(C(=O)NNC(=S)NC(=O)/C=C/c2cccc([N+](=O)[O-])c2)cc1I. The number of nitro groups is 1. The molecule has 0 unspecified atom stereocenters. The minimum Gasteiger partial charge on any atom is -0.496 e. The van der Waals surface area contributed by atoms with E-state index >= 15 is 0 Å². The number of nitrogens with one attached hydrogen (secondary N) is 3. The van der Waals surface area contributed by atoms with Gasteiger partial charge in [-0.1, -0.05) is 12.1 Å². The number of nitro benzene ring substituents is 1. The fourth-order valence-electron chi connectivity index (χ4n) is 2.09. The second kappa shape index (κ2) is 10.5. The predicted octanol–water partition coefficient (Wildman–Crippen LogP) is 2.56. The molecule has 9 nitrogen and oxygen atoms in total. The second-order valence-corrected chi connectivity index (χ2v) is 7.00. The summed E-state index contributed by atoms with van der Waals surface area (Å²) in [6, 6.07) is 10.7. The van der Waals surface area contributed by atoms with Gasteiger partial charge in [0.15, 0.2) is 5.11 Å². The Hall–Kier alpha value is -3.06. The zero-order valence-corrected chi connectivity index (χ0v) is 17.9. The van der Waals surface area contributed by atoms with Crippen molar-refractivity contribution in [3.05, 3.63) is 73.4 Å². The van der Waals surface area contributed by atoms with Gasteiger partial charge in [-0.2, -0.15) is 0 Å². The lowest BCUT2D eigenvalue weighted by atomic mass is 10.2. The van der Waals surface area contributed by atoms with E-state index in [0.29, 0.717) is 16.9 Å². The molecule has 2 aromatic carbocycles. The van der Waals surface area contributed by atoms with E-state index in [1.807, 2.05) is 22.6 Å². The van der Waals surface area contributed by atoms with Crippen LogP contribution in [0.25, 0.3) is 6.08 Å². The maximum absolute atomic E-state index is 12.1. The highest BCUT2D eigenvalue weighted by molar-refractivity contribution is 14.1. The van der Waals surface area contributed by atoms with E-state index in [0.717, 1.165) is 3.57 Å². The maximum atomic E-state index is 12.1. The van der Waals surface area contributed by atoms with E-state index < -0.39 is 16.7 Å². The van der Waals surface area contributed by atoms with Gasteiger partial charge in [-0.3, -0.25) is 35.9 Å². The van der Waals surface area contributed by atoms with Crippen LogP contribution in [-0.2, 0) is 4.79 Å². The fourth-order valence-corrected chi connectivity index (χ4v) is 2.98. The first-order chi connectivity index (χ1) is 13.8. The van der Waals surface area contributed by atoms with E-state index in [4.69, 9.17) is 17.0 Å². The molecule has 0 fully saturated rings. The maximum Gasteiger partial charge on any atom is 0.270 e. The molecular formula is C18H15IN4O5S. The monoisotopic (exact) mass is 526 g/mol. The van der Waals surface area contributed by atoms with E-state index in [2.05, 4.69) is 16.2 Å². The summed E-state index contributed by atoms with van der Waals surface area (Å²) in [5.74, 6) is -0.370. The summed E-state index contributed by atoms with van der Waals surface area (Å²) in [5, 5.41) is 13.0. The summed E-state index contributed by atoms with van der Waals surface area (Å²) in [6.45, 7) is 0. The zero-order valence-electron chi connectivity index (χ0n) is 15.0. The Bertz CT molecular complexity index is 996. The van der Waals surface area contributed by atoms with Crippen molar-refractivity contribution >= 4 is 63.5 Å². The molecule has 0 heterocycles. The summed E-state index contributed by atoms with van der Waals surface area (Å²) < 4.78 is 5.90. The first-order valence-corrected chi connectivity index (χ1v) is 9.46. The summed E-state index contributed by atoms with van der Waals surface area (Å²) in [4.78, 5) is 34.2. The second-order valence-electron chi connectivity index (χ2n) is 5.43. The number of hydrazine groups is 1. The highest BCUT2D eigenvalue weighted by atomic mass is 127. The van der Waals surface area contributed by atoms with Gasteiger partial charge in [-0.05, 0) is 64.6 Å². The molecule has 29 heavy (non-hydrogen) atoms. The Labute approximate surface area is 184 Å². The van der Waals surface area contributed by atoms with Gasteiger partial charge in [0.25, 0.3) is 11.6 Å². The lowest BCUT2D eigenvalue weighted by Crippen LogP contribution is -2.48. The van der Waals surface area contributed by atoms with E-state index in [1.54, 1.807) is 24.3 Å². The number of methoxy groups -OCH3 is 1. The van der Waals surface area contributed by atoms with E-state index in [-0.39, 0.29) is 10.8 Å². The number of hydrogen-bond donors (Lipinski definition) is 3. The molecule has 0 bridgehead atoms. The highest BCUT2D eigenvalue weighted by Crippen LogP contribution is 2.21. The Morgan fingerprint density at radius 3 is 2.62 bits per heavy atom. The molecule has 0 aromatic heterocycles. The van der Waals surface area contributed by atoms with Crippen LogP contribution in [0.4, 0.5) is 5.69 Å². The lowest BCUT2D eigenvalue weighted by molar-refractivity contribution is -0.384. The van der Waals surface area contributed by atoms with Crippen LogP contribution >= 0.6 is 34.8 Å². The number of carbonyl (C=O) groups is 2. The molecular weight excluding hydrogens is 511 g/mol. The Morgan fingerprint density at radius 2 is 1.97 bits per heavy atom. The minimum absolute atomic E-state index is 0.0827. The van der Waals surface area contributed by atoms with Crippen LogP contribution in [0.5, 0.6) is 5.75 Å². The molecule has 0 spiro atoms. The molecule has 11 heteroatoms. The molecule has 2 rings (SSSR count). The van der Waals surface area contributed by atoms with Crippen molar-refractivity contribution in [2.75, 3.05) is 7.11 Å². The molecule has 0 radical (unpaired) electrons. The predicted molar refractivity (Wildman–Crippen MR) is 119 cm³/mol. The Kier molecular flexibility index (Phi) is 8.03. The van der Waals surface area contributed by atoms with Crippen LogP contribution in [0.2, 0.25) is 0 Å². The normalized spacial score (nSPS) is 10.3. The Balaban J connectivity index is 1.86. The van der Waals surface area contributed by atoms with Gasteiger partial charge in [0.1, 0.15) is 5.75 Å². The number of benzene rings is 2. The average Bonchev–Trinajstić information content (AvgIpc) is 2.70. The topological polar surface area (TPSA) is 123 Å². The summed E-state index contributed by atoms with van der Waals surface area (Å²) in [6.07, 6.45) is 2.57. The van der Waals surface area contributed by atoms with Gasteiger partial charge in [-0.25, -0.2) is 0 Å². The Morgan fingerprint density at radius 1 is 1.21 bits per heavy atom. The lowest BCUT2D eigenvalue weighted by Gasteiger charge is -2.10. The largest absolute Gasteiger partial charge is 0.496 e. The molecule has 0 atom stereocenters. The third kappa shape index (κ3) is 6.80. The van der Waals surface area contributed by atoms with Crippen molar-refractivity contribution in [1.82, 2.24) is 16.2 Å². The van der Waals surface area contributed by atoms with Gasteiger partial charge in [0, 0.05) is 23.8 Å². The molecule has 3 N–H and O–H groups in total. The van der Waals surface area contributed by atoms with Gasteiger partial charge < -0.3 is 4.74 Å². The molecule has 2 amide bonds. The van der Waals surface area contributed by atoms with Crippen LogP contribution in [0.1, 0.15) is 15.9 Å². The molecule has 0 saturated carbocycles. The first kappa shape index (κ1) is 22.2. The number of thiocarbonyl (C=S) groups is 1. The highest BCUT2D eigenvalue weighted by Gasteiger charge is 2.10. The van der Waals surface area contributed by atoms with Crippen LogP contribution in [-0.4, -0.2) is 29.0 Å². The van der Waals surface area contributed by atoms with E-state index in [9.17, 15) is 19.7 Å². The first-order valence-electron chi connectivity index (χ1n) is 7.97. The van der Waals surface area contributed by atoms with Crippen LogP contribution in [0.15, 0.2) is 48.5 Å². The van der Waals surface area contributed by atoms with Crippen LogP contribution in [0.3, 0.4) is 0 Å². The van der Waals surface area contributed by atoms with Crippen molar-refractivity contribution in [3.8, 4) is 5.75 Å². The summed E-state index contributed by atoms with van der Waals surface area (Å²) >= 11 is 6.99. The minimum atomic E-state index is -0.567. The molecule has 2 aromatic rings. The van der Waals surface area contributed by atoms with Gasteiger partial charge in [0.05, 0.1) is 15.6 Å². The van der Waals surface area contributed by atoms with E-state index in [1.165, 1.54) is 37.5 Å². The number of ether oxygens (including phenoxy) is 1. The van der Waals surface area contributed by atoms with Gasteiger partial charge in [0.2, 0.25) is 5.91 Å². The number of non-ortho nitro benzene ring substituents is 1. The van der Waals surface area contributed by atoms with Crippen LogP contribution < -0.4 is 20.9 Å². The van der Waals surface area contributed by atoms with Crippen molar-refractivity contribution in [3.63, 3.8) is 0 Å². The molecule has 150 valence electrons. The van der Waals surface area contributed by atoms with Crippen LogP contribution in [0, 0.1) is 13.7 Å². The zero-order chi connectivity index (χ0) is 21.4. The molecule has 0 saturated heterocycles. The van der Waals surface area contributed by atoms with Crippen molar-refractivity contribution in [2.24, 2.45) is 0 Å². The number of carbonyl (C=O) groups excluding carboxylic acids is 2. The smallest absolute Gasteiger partial charge is 0.270 e. The van der Waals surface area contributed by atoms with Crippen molar-refractivity contribution < 1.29 is 19.2 Å². The van der Waals surface area contributed by atoms with Crippen molar-refractivity contribution in [2.45, 2.75) is 0 Å². The van der Waals surface area contributed by atoms with Crippen molar-refractivity contribution in [1.29, 1.82) is 0 Å². The van der Waals surface area contributed by atoms with Gasteiger partial charge >= 0.3 is 0 Å². The number of rotatable bonds is 5.